The number of aromatic carboxylic acids is 1. The third kappa shape index (κ3) is 3.42. The first kappa shape index (κ1) is 14.2. The summed E-state index contributed by atoms with van der Waals surface area (Å²) in [7, 11) is 1.61. The maximum Gasteiger partial charge on any atom is 0.335 e. The van der Waals surface area contributed by atoms with Gasteiger partial charge in [-0.05, 0) is 35.9 Å². The van der Waals surface area contributed by atoms with Crippen LogP contribution in [-0.2, 0) is 6.54 Å². The van der Waals surface area contributed by atoms with E-state index in [0.717, 1.165) is 11.3 Å². The largest absolute Gasteiger partial charge is 0.497 e. The molecule has 0 unspecified atom stereocenters. The van der Waals surface area contributed by atoms with Crippen molar-refractivity contribution in [1.29, 1.82) is 0 Å². The van der Waals surface area contributed by atoms with Crippen LogP contribution in [0.5, 0.6) is 5.75 Å². The average Bonchev–Trinajstić information content (AvgIpc) is 2.46. The lowest BCUT2D eigenvalue weighted by Crippen LogP contribution is -2.03. The summed E-state index contributed by atoms with van der Waals surface area (Å²) in [5.74, 6) is -0.208. The number of hydrogen-bond acceptors (Lipinski definition) is 3. The predicted molar refractivity (Wildman–Crippen MR) is 78.7 cm³/mol. The molecular weight excluding hydrogens is 278 g/mol. The average molecular weight is 292 g/mol. The summed E-state index contributed by atoms with van der Waals surface area (Å²) in [6, 6.07) is 12.2. The Kier molecular flexibility index (Phi) is 4.48. The van der Waals surface area contributed by atoms with Crippen molar-refractivity contribution in [3.8, 4) is 5.75 Å². The number of carbonyl (C=O) groups is 1. The minimum atomic E-state index is -0.980. The van der Waals surface area contributed by atoms with Gasteiger partial charge >= 0.3 is 5.97 Å². The van der Waals surface area contributed by atoms with Crippen molar-refractivity contribution in [3.63, 3.8) is 0 Å². The number of hydrogen-bond donors (Lipinski definition) is 2. The summed E-state index contributed by atoms with van der Waals surface area (Å²) >= 11 is 6.05. The zero-order valence-corrected chi connectivity index (χ0v) is 11.6. The first-order chi connectivity index (χ1) is 9.60. The number of ether oxygens (including phenoxy) is 1. The number of carboxylic acids is 1. The molecule has 104 valence electrons. The van der Waals surface area contributed by atoms with Crippen LogP contribution in [0.25, 0.3) is 0 Å². The summed E-state index contributed by atoms with van der Waals surface area (Å²) in [5.41, 5.74) is 1.80. The molecule has 2 N–H and O–H groups in total. The lowest BCUT2D eigenvalue weighted by atomic mass is 10.2. The molecule has 20 heavy (non-hydrogen) atoms. The SMILES string of the molecule is COc1cccc(CNc2cc(C(=O)O)ccc2Cl)c1. The van der Waals surface area contributed by atoms with E-state index in [1.807, 2.05) is 24.3 Å². The number of rotatable bonds is 5. The van der Waals surface area contributed by atoms with Gasteiger partial charge in [-0.15, -0.1) is 0 Å². The van der Waals surface area contributed by atoms with Crippen molar-refractivity contribution < 1.29 is 14.6 Å². The molecule has 0 aliphatic carbocycles. The third-order valence-electron chi connectivity index (χ3n) is 2.83. The number of anilines is 1. The fourth-order valence-corrected chi connectivity index (χ4v) is 1.96. The van der Waals surface area contributed by atoms with Gasteiger partial charge in [0.25, 0.3) is 0 Å². The lowest BCUT2D eigenvalue weighted by molar-refractivity contribution is 0.0697. The topological polar surface area (TPSA) is 58.6 Å². The van der Waals surface area contributed by atoms with E-state index >= 15 is 0 Å². The van der Waals surface area contributed by atoms with Crippen LogP contribution in [0.2, 0.25) is 5.02 Å². The number of benzene rings is 2. The van der Waals surface area contributed by atoms with Crippen molar-refractivity contribution in [2.45, 2.75) is 6.54 Å². The molecule has 0 radical (unpaired) electrons. The fraction of sp³-hybridized carbons (Fsp3) is 0.133. The number of carboxylic acid groups (broad SMARTS) is 1. The van der Waals surface area contributed by atoms with E-state index in [-0.39, 0.29) is 5.56 Å². The Morgan fingerprint density at radius 3 is 2.80 bits per heavy atom. The first-order valence-corrected chi connectivity index (χ1v) is 6.37. The molecule has 2 rings (SSSR count). The Bertz CT molecular complexity index is 628. The fourth-order valence-electron chi connectivity index (χ4n) is 1.77. The molecule has 0 atom stereocenters. The van der Waals surface area contributed by atoms with Crippen molar-refractivity contribution >= 4 is 23.3 Å². The quantitative estimate of drug-likeness (QED) is 0.882. The molecule has 0 aromatic heterocycles. The number of methoxy groups -OCH3 is 1. The first-order valence-electron chi connectivity index (χ1n) is 6.00. The van der Waals surface area contributed by atoms with Gasteiger partial charge in [-0.1, -0.05) is 23.7 Å². The molecule has 2 aromatic carbocycles. The second-order valence-electron chi connectivity index (χ2n) is 4.20. The maximum atomic E-state index is 10.9. The number of halogens is 1. The molecule has 0 heterocycles. The van der Waals surface area contributed by atoms with Gasteiger partial charge < -0.3 is 15.2 Å². The zero-order valence-electron chi connectivity index (χ0n) is 10.9. The summed E-state index contributed by atoms with van der Waals surface area (Å²) in [5, 5.41) is 12.6. The van der Waals surface area contributed by atoms with E-state index in [0.29, 0.717) is 17.3 Å². The van der Waals surface area contributed by atoms with Crippen LogP contribution >= 0.6 is 11.6 Å². The Balaban J connectivity index is 2.13. The second-order valence-corrected chi connectivity index (χ2v) is 4.61. The molecule has 4 nitrogen and oxygen atoms in total. The number of nitrogens with one attached hydrogen (secondary N) is 1. The molecule has 2 aromatic rings. The van der Waals surface area contributed by atoms with Crippen molar-refractivity contribution in [2.24, 2.45) is 0 Å². The van der Waals surface area contributed by atoms with Crippen LogP contribution in [0, 0.1) is 0 Å². The van der Waals surface area contributed by atoms with Crippen LogP contribution in [0.4, 0.5) is 5.69 Å². The molecule has 0 aliphatic heterocycles. The zero-order chi connectivity index (χ0) is 14.5. The highest BCUT2D eigenvalue weighted by Gasteiger charge is 2.07. The van der Waals surface area contributed by atoms with Crippen LogP contribution in [-0.4, -0.2) is 18.2 Å². The summed E-state index contributed by atoms with van der Waals surface area (Å²) < 4.78 is 5.15. The molecule has 0 spiro atoms. The Labute approximate surface area is 122 Å². The second kappa shape index (κ2) is 6.30. The molecule has 0 fully saturated rings. The Morgan fingerprint density at radius 1 is 1.30 bits per heavy atom. The van der Waals surface area contributed by atoms with Crippen molar-refractivity contribution in [1.82, 2.24) is 0 Å². The summed E-state index contributed by atoms with van der Waals surface area (Å²) in [4.78, 5) is 10.9. The van der Waals surface area contributed by atoms with E-state index in [1.165, 1.54) is 12.1 Å². The van der Waals surface area contributed by atoms with Crippen LogP contribution in [0.15, 0.2) is 42.5 Å². The molecule has 0 saturated heterocycles. The van der Waals surface area contributed by atoms with Gasteiger partial charge in [0.1, 0.15) is 5.75 Å². The van der Waals surface area contributed by atoms with Gasteiger partial charge in [0, 0.05) is 6.54 Å². The van der Waals surface area contributed by atoms with Gasteiger partial charge in [-0.3, -0.25) is 0 Å². The molecule has 0 saturated carbocycles. The highest BCUT2D eigenvalue weighted by molar-refractivity contribution is 6.33. The van der Waals surface area contributed by atoms with E-state index < -0.39 is 5.97 Å². The van der Waals surface area contributed by atoms with Gasteiger partial charge in [-0.25, -0.2) is 4.79 Å². The monoisotopic (exact) mass is 291 g/mol. The standard InChI is InChI=1S/C15H14ClNO3/c1-20-12-4-2-3-10(7-12)9-17-14-8-11(15(18)19)5-6-13(14)16/h2-8,17H,9H2,1H3,(H,18,19). The Morgan fingerprint density at radius 2 is 2.10 bits per heavy atom. The van der Waals surface area contributed by atoms with Crippen LogP contribution < -0.4 is 10.1 Å². The molecule has 0 aliphatic rings. The summed E-state index contributed by atoms with van der Waals surface area (Å²) in [6.45, 7) is 0.528. The summed E-state index contributed by atoms with van der Waals surface area (Å²) in [6.07, 6.45) is 0. The highest BCUT2D eigenvalue weighted by atomic mass is 35.5. The van der Waals surface area contributed by atoms with Gasteiger partial charge in [-0.2, -0.15) is 0 Å². The van der Waals surface area contributed by atoms with E-state index in [2.05, 4.69) is 5.32 Å². The minimum Gasteiger partial charge on any atom is -0.497 e. The van der Waals surface area contributed by atoms with Crippen LogP contribution in [0.1, 0.15) is 15.9 Å². The lowest BCUT2D eigenvalue weighted by Gasteiger charge is -2.10. The van der Waals surface area contributed by atoms with E-state index in [9.17, 15) is 4.79 Å². The maximum absolute atomic E-state index is 10.9. The molecule has 5 heteroatoms. The smallest absolute Gasteiger partial charge is 0.335 e. The van der Waals surface area contributed by atoms with Gasteiger partial charge in [0.2, 0.25) is 0 Å². The minimum absolute atomic E-state index is 0.197. The van der Waals surface area contributed by atoms with Crippen molar-refractivity contribution in [2.75, 3.05) is 12.4 Å². The third-order valence-corrected chi connectivity index (χ3v) is 3.16. The highest BCUT2D eigenvalue weighted by Crippen LogP contribution is 2.24. The van der Waals surface area contributed by atoms with Gasteiger partial charge in [0.15, 0.2) is 0 Å². The van der Waals surface area contributed by atoms with E-state index in [4.69, 9.17) is 21.4 Å². The molecule has 0 bridgehead atoms. The molecule has 0 amide bonds. The van der Waals surface area contributed by atoms with Gasteiger partial charge in [0.05, 0.1) is 23.4 Å². The normalized spacial score (nSPS) is 10.1. The molecular formula is C15H14ClNO3. The van der Waals surface area contributed by atoms with E-state index in [1.54, 1.807) is 13.2 Å². The van der Waals surface area contributed by atoms with Crippen molar-refractivity contribution in [3.05, 3.63) is 58.6 Å². The Hall–Kier alpha value is -2.20. The van der Waals surface area contributed by atoms with Crippen LogP contribution in [0.3, 0.4) is 0 Å². The predicted octanol–water partition coefficient (Wildman–Crippen LogP) is 3.66.